The van der Waals surface area contributed by atoms with Gasteiger partial charge in [0, 0.05) is 12.2 Å². The Morgan fingerprint density at radius 1 is 1.47 bits per heavy atom. The zero-order chi connectivity index (χ0) is 10.7. The predicted molar refractivity (Wildman–Crippen MR) is 65.1 cm³/mol. The average Bonchev–Trinajstić information content (AvgIpc) is 2.27. The van der Waals surface area contributed by atoms with Crippen LogP contribution in [0.4, 0.5) is 5.69 Å². The van der Waals surface area contributed by atoms with Crippen LogP contribution in [0.25, 0.3) is 0 Å². The minimum atomic E-state index is 0.664. The molecule has 1 aliphatic rings. The standard InChI is InChI=1S/C13H20N2/c1-2-15-9-10-5-3-7-12-11(10)6-4-8-13(12)14/h4,6,8,10,15H,2-3,5,7,9,14H2,1H3. The fourth-order valence-corrected chi connectivity index (χ4v) is 2.51. The van der Waals surface area contributed by atoms with Crippen LogP contribution in [0.1, 0.15) is 36.8 Å². The van der Waals surface area contributed by atoms with Crippen molar-refractivity contribution in [3.63, 3.8) is 0 Å². The van der Waals surface area contributed by atoms with Crippen molar-refractivity contribution < 1.29 is 0 Å². The number of nitrogens with one attached hydrogen (secondary N) is 1. The molecule has 0 fully saturated rings. The Bertz CT molecular complexity index is 333. The van der Waals surface area contributed by atoms with Gasteiger partial charge in [-0.15, -0.1) is 0 Å². The highest BCUT2D eigenvalue weighted by atomic mass is 14.8. The fraction of sp³-hybridized carbons (Fsp3) is 0.538. The summed E-state index contributed by atoms with van der Waals surface area (Å²) in [4.78, 5) is 0. The molecule has 0 heterocycles. The highest BCUT2D eigenvalue weighted by molar-refractivity contribution is 5.53. The minimum Gasteiger partial charge on any atom is -0.398 e. The Labute approximate surface area is 91.9 Å². The third kappa shape index (κ3) is 2.15. The van der Waals surface area contributed by atoms with Crippen LogP contribution < -0.4 is 11.1 Å². The zero-order valence-corrected chi connectivity index (χ0v) is 9.42. The van der Waals surface area contributed by atoms with Crippen molar-refractivity contribution >= 4 is 5.69 Å². The second-order valence-corrected chi connectivity index (χ2v) is 4.31. The van der Waals surface area contributed by atoms with Crippen LogP contribution in [0.3, 0.4) is 0 Å². The fourth-order valence-electron chi connectivity index (χ4n) is 2.51. The lowest BCUT2D eigenvalue weighted by molar-refractivity contribution is 0.516. The van der Waals surface area contributed by atoms with Gasteiger partial charge in [-0.2, -0.15) is 0 Å². The van der Waals surface area contributed by atoms with E-state index in [4.69, 9.17) is 5.73 Å². The largest absolute Gasteiger partial charge is 0.398 e. The van der Waals surface area contributed by atoms with Crippen LogP contribution in [0.15, 0.2) is 18.2 Å². The molecule has 0 amide bonds. The van der Waals surface area contributed by atoms with Gasteiger partial charge in [-0.3, -0.25) is 0 Å². The normalized spacial score (nSPS) is 19.9. The van der Waals surface area contributed by atoms with Gasteiger partial charge in [0.25, 0.3) is 0 Å². The number of likely N-dealkylation sites (N-methyl/N-ethyl adjacent to an activating group) is 1. The molecular formula is C13H20N2. The van der Waals surface area contributed by atoms with Gasteiger partial charge in [0.15, 0.2) is 0 Å². The number of nitrogen functional groups attached to an aromatic ring is 1. The minimum absolute atomic E-state index is 0.664. The van der Waals surface area contributed by atoms with E-state index in [1.807, 2.05) is 6.07 Å². The van der Waals surface area contributed by atoms with E-state index < -0.39 is 0 Å². The van der Waals surface area contributed by atoms with Gasteiger partial charge >= 0.3 is 0 Å². The van der Waals surface area contributed by atoms with Crippen LogP contribution >= 0.6 is 0 Å². The van der Waals surface area contributed by atoms with E-state index in [1.54, 1.807) is 0 Å². The van der Waals surface area contributed by atoms with Crippen molar-refractivity contribution in [1.29, 1.82) is 0 Å². The molecule has 1 aliphatic carbocycles. The molecule has 2 nitrogen and oxygen atoms in total. The number of rotatable bonds is 3. The maximum absolute atomic E-state index is 6.01. The van der Waals surface area contributed by atoms with Crippen LogP contribution in [0, 0.1) is 0 Å². The second kappa shape index (κ2) is 4.67. The summed E-state index contributed by atoms with van der Waals surface area (Å²) in [6.45, 7) is 4.30. The number of nitrogens with two attached hydrogens (primary N) is 1. The molecule has 3 N–H and O–H groups in total. The summed E-state index contributed by atoms with van der Waals surface area (Å²) < 4.78 is 0. The molecule has 2 heteroatoms. The number of hydrogen-bond donors (Lipinski definition) is 2. The first kappa shape index (κ1) is 10.5. The topological polar surface area (TPSA) is 38.0 Å². The van der Waals surface area contributed by atoms with E-state index in [1.165, 1.54) is 24.0 Å². The van der Waals surface area contributed by atoms with Crippen molar-refractivity contribution in [2.45, 2.75) is 32.1 Å². The van der Waals surface area contributed by atoms with Crippen LogP contribution in [0.2, 0.25) is 0 Å². The molecule has 1 aromatic rings. The molecule has 1 unspecified atom stereocenters. The summed E-state index contributed by atoms with van der Waals surface area (Å²) in [5.74, 6) is 0.664. The zero-order valence-electron chi connectivity index (χ0n) is 9.42. The summed E-state index contributed by atoms with van der Waals surface area (Å²) in [6, 6.07) is 6.35. The highest BCUT2D eigenvalue weighted by Gasteiger charge is 2.20. The van der Waals surface area contributed by atoms with Gasteiger partial charge in [0.05, 0.1) is 0 Å². The van der Waals surface area contributed by atoms with Gasteiger partial charge in [-0.25, -0.2) is 0 Å². The third-order valence-electron chi connectivity index (χ3n) is 3.31. The van der Waals surface area contributed by atoms with Crippen molar-refractivity contribution in [1.82, 2.24) is 5.32 Å². The number of hydrogen-bond acceptors (Lipinski definition) is 2. The predicted octanol–water partition coefficient (Wildman–Crippen LogP) is 2.30. The van der Waals surface area contributed by atoms with E-state index >= 15 is 0 Å². The molecule has 82 valence electrons. The summed E-state index contributed by atoms with van der Waals surface area (Å²) >= 11 is 0. The van der Waals surface area contributed by atoms with E-state index in [0.717, 1.165) is 25.2 Å². The lowest BCUT2D eigenvalue weighted by Crippen LogP contribution is -2.24. The molecule has 0 aromatic heterocycles. The third-order valence-corrected chi connectivity index (χ3v) is 3.31. The molecule has 15 heavy (non-hydrogen) atoms. The molecule has 0 aliphatic heterocycles. The lowest BCUT2D eigenvalue weighted by atomic mass is 9.82. The molecule has 0 saturated carbocycles. The van der Waals surface area contributed by atoms with Crippen molar-refractivity contribution in [2.75, 3.05) is 18.8 Å². The molecule has 0 bridgehead atoms. The Balaban J connectivity index is 2.22. The average molecular weight is 204 g/mol. The maximum atomic E-state index is 6.01. The molecular weight excluding hydrogens is 184 g/mol. The van der Waals surface area contributed by atoms with Gasteiger partial charge in [-0.05, 0) is 48.9 Å². The Morgan fingerprint density at radius 3 is 3.13 bits per heavy atom. The highest BCUT2D eigenvalue weighted by Crippen LogP contribution is 2.33. The van der Waals surface area contributed by atoms with E-state index in [9.17, 15) is 0 Å². The quantitative estimate of drug-likeness (QED) is 0.741. The first-order valence-corrected chi connectivity index (χ1v) is 5.91. The second-order valence-electron chi connectivity index (χ2n) is 4.31. The maximum Gasteiger partial charge on any atom is 0.0349 e. The SMILES string of the molecule is CCNCC1CCCc2c(N)cccc21. The van der Waals surface area contributed by atoms with Crippen molar-refractivity contribution in [2.24, 2.45) is 0 Å². The Kier molecular flexibility index (Phi) is 3.27. The first-order chi connectivity index (χ1) is 7.33. The molecule has 0 saturated heterocycles. The molecule has 1 aromatic carbocycles. The molecule has 0 radical (unpaired) electrons. The van der Waals surface area contributed by atoms with Gasteiger partial charge < -0.3 is 11.1 Å². The van der Waals surface area contributed by atoms with E-state index in [-0.39, 0.29) is 0 Å². The lowest BCUT2D eigenvalue weighted by Gasteiger charge is -2.26. The Morgan fingerprint density at radius 2 is 2.33 bits per heavy atom. The number of fused-ring (bicyclic) bond motifs is 1. The van der Waals surface area contributed by atoms with Crippen molar-refractivity contribution in [3.05, 3.63) is 29.3 Å². The van der Waals surface area contributed by atoms with Gasteiger partial charge in [0.1, 0.15) is 0 Å². The number of anilines is 1. The van der Waals surface area contributed by atoms with Crippen LogP contribution in [-0.2, 0) is 6.42 Å². The van der Waals surface area contributed by atoms with Crippen LogP contribution in [-0.4, -0.2) is 13.1 Å². The molecule has 0 spiro atoms. The van der Waals surface area contributed by atoms with E-state index in [2.05, 4.69) is 24.4 Å². The summed E-state index contributed by atoms with van der Waals surface area (Å²) in [5.41, 5.74) is 9.86. The smallest absolute Gasteiger partial charge is 0.0349 e. The summed E-state index contributed by atoms with van der Waals surface area (Å²) in [5, 5.41) is 3.44. The summed E-state index contributed by atoms with van der Waals surface area (Å²) in [6.07, 6.45) is 3.73. The van der Waals surface area contributed by atoms with E-state index in [0.29, 0.717) is 5.92 Å². The summed E-state index contributed by atoms with van der Waals surface area (Å²) in [7, 11) is 0. The van der Waals surface area contributed by atoms with Gasteiger partial charge in [-0.1, -0.05) is 19.1 Å². The first-order valence-electron chi connectivity index (χ1n) is 5.91. The molecule has 2 rings (SSSR count). The van der Waals surface area contributed by atoms with Crippen LogP contribution in [0.5, 0.6) is 0 Å². The monoisotopic (exact) mass is 204 g/mol. The molecule has 1 atom stereocenters. The van der Waals surface area contributed by atoms with Gasteiger partial charge in [0.2, 0.25) is 0 Å². The Hall–Kier alpha value is -1.02. The number of benzene rings is 1. The van der Waals surface area contributed by atoms with Crippen molar-refractivity contribution in [3.8, 4) is 0 Å².